The highest BCUT2D eigenvalue weighted by Gasteiger charge is 2.38. The fraction of sp³-hybridized carbons (Fsp3) is 0.389. The summed E-state index contributed by atoms with van der Waals surface area (Å²) in [4.78, 5) is 25.3. The number of alkyl carbamates (subject to hydrolysis) is 1. The summed E-state index contributed by atoms with van der Waals surface area (Å²) in [5.74, 6) is -0.872. The smallest absolute Gasteiger partial charge is 0.407 e. The molecule has 0 bridgehead atoms. The van der Waals surface area contributed by atoms with Crippen LogP contribution in [0, 0.1) is 0 Å². The van der Waals surface area contributed by atoms with Crippen molar-refractivity contribution in [2.24, 2.45) is 7.05 Å². The van der Waals surface area contributed by atoms with E-state index in [4.69, 9.17) is 4.74 Å². The average molecular weight is 358 g/mol. The molecule has 1 aromatic carbocycles. The lowest BCUT2D eigenvalue weighted by Crippen LogP contribution is -2.46. The standard InChI is InChI=1S/C18H22N4O4/c1-21-11-15(10-20-21)22-14(7-8-16(22)17(23)24)9-19-18(25)26-12-13-5-3-2-4-6-13/h2-6,10-11,14,16H,7-9,12H2,1H3,(H,19,25)(H,23,24)/t14-,16+/m0/s1. The van der Waals surface area contributed by atoms with E-state index in [-0.39, 0.29) is 12.6 Å². The maximum absolute atomic E-state index is 12.0. The average Bonchev–Trinajstić information content (AvgIpc) is 3.24. The van der Waals surface area contributed by atoms with Crippen LogP contribution in [-0.2, 0) is 23.2 Å². The number of ether oxygens (including phenoxy) is 1. The first kappa shape index (κ1) is 17.8. The highest BCUT2D eigenvalue weighted by molar-refractivity contribution is 5.79. The molecule has 1 amide bonds. The molecule has 1 aliphatic heterocycles. The summed E-state index contributed by atoms with van der Waals surface area (Å²) in [5.41, 5.74) is 1.65. The van der Waals surface area contributed by atoms with Crippen molar-refractivity contribution in [2.45, 2.75) is 31.5 Å². The second-order valence-electron chi connectivity index (χ2n) is 6.31. The van der Waals surface area contributed by atoms with Gasteiger partial charge in [0.2, 0.25) is 0 Å². The lowest BCUT2D eigenvalue weighted by molar-refractivity contribution is -0.138. The van der Waals surface area contributed by atoms with Gasteiger partial charge in [0.1, 0.15) is 12.6 Å². The predicted molar refractivity (Wildman–Crippen MR) is 94.8 cm³/mol. The number of carboxylic acids is 1. The zero-order chi connectivity index (χ0) is 18.5. The number of hydrogen-bond donors (Lipinski definition) is 2. The Morgan fingerprint density at radius 1 is 1.31 bits per heavy atom. The highest BCUT2D eigenvalue weighted by atomic mass is 16.5. The summed E-state index contributed by atoms with van der Waals surface area (Å²) in [6.07, 6.45) is 4.10. The predicted octanol–water partition coefficient (Wildman–Crippen LogP) is 1.77. The largest absolute Gasteiger partial charge is 0.480 e. The summed E-state index contributed by atoms with van der Waals surface area (Å²) in [6.45, 7) is 0.508. The first-order chi connectivity index (χ1) is 12.5. The second-order valence-corrected chi connectivity index (χ2v) is 6.31. The zero-order valence-corrected chi connectivity index (χ0v) is 14.5. The van der Waals surface area contributed by atoms with Crippen LogP contribution in [0.25, 0.3) is 0 Å². The first-order valence-electron chi connectivity index (χ1n) is 8.49. The topological polar surface area (TPSA) is 96.7 Å². The van der Waals surface area contributed by atoms with Crippen LogP contribution in [0.1, 0.15) is 18.4 Å². The van der Waals surface area contributed by atoms with Crippen LogP contribution in [0.2, 0.25) is 0 Å². The van der Waals surface area contributed by atoms with E-state index in [1.165, 1.54) is 0 Å². The Labute approximate surface area is 151 Å². The van der Waals surface area contributed by atoms with Crippen molar-refractivity contribution < 1.29 is 19.4 Å². The highest BCUT2D eigenvalue weighted by Crippen LogP contribution is 2.30. The van der Waals surface area contributed by atoms with Crippen molar-refractivity contribution in [3.05, 3.63) is 48.3 Å². The normalized spacial score (nSPS) is 19.3. The molecule has 2 N–H and O–H groups in total. The van der Waals surface area contributed by atoms with E-state index in [1.54, 1.807) is 24.1 Å². The quantitative estimate of drug-likeness (QED) is 0.817. The molecule has 26 heavy (non-hydrogen) atoms. The SMILES string of the molecule is Cn1cc(N2[C@H](CNC(=O)OCc3ccccc3)CC[C@@H]2C(=O)O)cn1. The number of amides is 1. The number of aromatic nitrogens is 2. The summed E-state index contributed by atoms with van der Waals surface area (Å²) in [6, 6.07) is 8.68. The van der Waals surface area contributed by atoms with Crippen LogP contribution in [-0.4, -0.2) is 45.6 Å². The third-order valence-corrected chi connectivity index (χ3v) is 4.47. The molecule has 0 spiro atoms. The minimum absolute atomic E-state index is 0.121. The van der Waals surface area contributed by atoms with Gasteiger partial charge in [0.25, 0.3) is 0 Å². The molecule has 2 heterocycles. The number of nitrogens with zero attached hydrogens (tertiary/aromatic N) is 3. The van der Waals surface area contributed by atoms with Crippen LogP contribution in [0.3, 0.4) is 0 Å². The summed E-state index contributed by atoms with van der Waals surface area (Å²) < 4.78 is 6.84. The molecular formula is C18H22N4O4. The van der Waals surface area contributed by atoms with Gasteiger partial charge in [0.05, 0.1) is 11.9 Å². The maximum atomic E-state index is 12.0. The van der Waals surface area contributed by atoms with Crippen LogP contribution >= 0.6 is 0 Å². The molecule has 1 aromatic heterocycles. The van der Waals surface area contributed by atoms with Gasteiger partial charge in [0.15, 0.2) is 0 Å². The summed E-state index contributed by atoms with van der Waals surface area (Å²) in [7, 11) is 1.78. The molecule has 2 atom stereocenters. The van der Waals surface area contributed by atoms with E-state index < -0.39 is 18.1 Å². The molecule has 2 aromatic rings. The lowest BCUT2D eigenvalue weighted by atomic mass is 10.2. The Bertz CT molecular complexity index is 762. The Hall–Kier alpha value is -3.03. The van der Waals surface area contributed by atoms with Crippen molar-refractivity contribution in [2.75, 3.05) is 11.4 Å². The van der Waals surface area contributed by atoms with Gasteiger partial charge in [-0.3, -0.25) is 4.68 Å². The number of carbonyl (C=O) groups excluding carboxylic acids is 1. The molecule has 0 unspecified atom stereocenters. The van der Waals surface area contributed by atoms with Gasteiger partial charge >= 0.3 is 12.1 Å². The number of benzene rings is 1. The van der Waals surface area contributed by atoms with Crippen LogP contribution in [0.15, 0.2) is 42.7 Å². The maximum Gasteiger partial charge on any atom is 0.407 e. The number of anilines is 1. The zero-order valence-electron chi connectivity index (χ0n) is 14.5. The number of hydrogen-bond acceptors (Lipinski definition) is 5. The minimum Gasteiger partial charge on any atom is -0.480 e. The Balaban J connectivity index is 1.57. The van der Waals surface area contributed by atoms with Gasteiger partial charge in [-0.15, -0.1) is 0 Å². The van der Waals surface area contributed by atoms with Crippen LogP contribution in [0.4, 0.5) is 10.5 Å². The third-order valence-electron chi connectivity index (χ3n) is 4.47. The van der Waals surface area contributed by atoms with Gasteiger partial charge < -0.3 is 20.1 Å². The molecule has 0 aliphatic carbocycles. The monoisotopic (exact) mass is 358 g/mol. The molecule has 8 heteroatoms. The van der Waals surface area contributed by atoms with E-state index in [2.05, 4.69) is 10.4 Å². The van der Waals surface area contributed by atoms with E-state index in [1.807, 2.05) is 35.2 Å². The van der Waals surface area contributed by atoms with E-state index in [0.717, 1.165) is 11.3 Å². The molecule has 1 saturated heterocycles. The van der Waals surface area contributed by atoms with Crippen LogP contribution < -0.4 is 10.2 Å². The number of aryl methyl sites for hydroxylation is 1. The van der Waals surface area contributed by atoms with Crippen molar-refractivity contribution in [3.63, 3.8) is 0 Å². The molecule has 0 saturated carbocycles. The number of rotatable bonds is 6. The fourth-order valence-corrected chi connectivity index (χ4v) is 3.23. The molecule has 3 rings (SSSR count). The van der Waals surface area contributed by atoms with E-state index in [0.29, 0.717) is 19.4 Å². The minimum atomic E-state index is -0.872. The Morgan fingerprint density at radius 3 is 2.73 bits per heavy atom. The van der Waals surface area contributed by atoms with Gasteiger partial charge in [-0.05, 0) is 18.4 Å². The number of carboxylic acid groups (broad SMARTS) is 1. The fourth-order valence-electron chi connectivity index (χ4n) is 3.23. The van der Waals surface area contributed by atoms with E-state index >= 15 is 0 Å². The molecule has 0 radical (unpaired) electrons. The van der Waals surface area contributed by atoms with Gasteiger partial charge in [-0.25, -0.2) is 9.59 Å². The van der Waals surface area contributed by atoms with E-state index in [9.17, 15) is 14.7 Å². The first-order valence-corrected chi connectivity index (χ1v) is 8.49. The van der Waals surface area contributed by atoms with Gasteiger partial charge in [-0.1, -0.05) is 30.3 Å². The van der Waals surface area contributed by atoms with Gasteiger partial charge in [-0.2, -0.15) is 5.10 Å². The molecule has 8 nitrogen and oxygen atoms in total. The van der Waals surface area contributed by atoms with Crippen molar-refractivity contribution in [3.8, 4) is 0 Å². The summed E-state index contributed by atoms with van der Waals surface area (Å²) in [5, 5.41) is 16.3. The molecule has 138 valence electrons. The van der Waals surface area contributed by atoms with Gasteiger partial charge in [0, 0.05) is 25.8 Å². The number of nitrogens with one attached hydrogen (secondary N) is 1. The molecular weight excluding hydrogens is 336 g/mol. The van der Waals surface area contributed by atoms with Crippen molar-refractivity contribution in [1.82, 2.24) is 15.1 Å². The van der Waals surface area contributed by atoms with Crippen molar-refractivity contribution in [1.29, 1.82) is 0 Å². The Morgan fingerprint density at radius 2 is 2.08 bits per heavy atom. The summed E-state index contributed by atoms with van der Waals surface area (Å²) >= 11 is 0. The van der Waals surface area contributed by atoms with Crippen molar-refractivity contribution >= 4 is 17.7 Å². The molecule has 1 fully saturated rings. The van der Waals surface area contributed by atoms with Crippen LogP contribution in [0.5, 0.6) is 0 Å². The number of carbonyl (C=O) groups is 2. The number of aliphatic carboxylic acids is 1. The lowest BCUT2D eigenvalue weighted by Gasteiger charge is -2.29. The molecule has 1 aliphatic rings. The Kier molecular flexibility index (Phi) is 5.40. The second kappa shape index (κ2) is 7.90. The third kappa shape index (κ3) is 4.14.